The lowest BCUT2D eigenvalue weighted by atomic mass is 9.94. The molecule has 0 N–H and O–H groups in total. The van der Waals surface area contributed by atoms with E-state index in [2.05, 4.69) is 176 Å². The third-order valence-electron chi connectivity index (χ3n) is 11.2. The smallest absolute Gasteiger partial charge is 0.164 e. The van der Waals surface area contributed by atoms with Gasteiger partial charge in [-0.15, -0.1) is 0 Å². The summed E-state index contributed by atoms with van der Waals surface area (Å²) in [5.41, 5.74) is 14.9. The van der Waals surface area contributed by atoms with Crippen molar-refractivity contribution in [3.8, 4) is 89.8 Å². The molecular formula is C55H35N3S. The minimum absolute atomic E-state index is 0.641. The van der Waals surface area contributed by atoms with Crippen LogP contribution in [0.15, 0.2) is 222 Å². The lowest BCUT2D eigenvalue weighted by Gasteiger charge is -2.21. The Bertz CT molecular complexity index is 3140. The van der Waals surface area contributed by atoms with E-state index >= 15 is 0 Å². The van der Waals surface area contributed by atoms with E-state index in [0.717, 1.165) is 33.4 Å². The SMILES string of the molecule is c1ccc(-c2ccc(-c3nc(-c4ccccc4)nc(-c4ccc(-c5ccc(-c6cccc(-c7ccc8c(c7)Sc7cccc9cccc-8c79)c6)cc5)cc4)n3)cc2)cc1. The summed E-state index contributed by atoms with van der Waals surface area (Å²) in [7, 11) is 0. The number of aromatic nitrogens is 3. The first-order valence-corrected chi connectivity index (χ1v) is 20.6. The third kappa shape index (κ3) is 6.70. The quantitative estimate of drug-likeness (QED) is 0.162. The highest BCUT2D eigenvalue weighted by Crippen LogP contribution is 2.49. The van der Waals surface area contributed by atoms with Gasteiger partial charge in [0.1, 0.15) is 0 Å². The lowest BCUT2D eigenvalue weighted by molar-refractivity contribution is 1.07. The Hall–Kier alpha value is -7.40. The van der Waals surface area contributed by atoms with Crippen molar-refractivity contribution in [3.63, 3.8) is 0 Å². The van der Waals surface area contributed by atoms with Crippen LogP contribution in [0.1, 0.15) is 0 Å². The third-order valence-corrected chi connectivity index (χ3v) is 12.3. The zero-order valence-electron chi connectivity index (χ0n) is 32.0. The monoisotopic (exact) mass is 769 g/mol. The van der Waals surface area contributed by atoms with Crippen LogP contribution in [-0.2, 0) is 0 Å². The molecular weight excluding hydrogens is 735 g/mol. The second-order valence-corrected chi connectivity index (χ2v) is 15.9. The Balaban J connectivity index is 0.855. The van der Waals surface area contributed by atoms with Crippen LogP contribution in [0.25, 0.3) is 101 Å². The molecule has 4 heteroatoms. The molecule has 1 aromatic heterocycles. The standard InChI is InChI=1S/C55H35N3S/c1-3-10-36(11-4-1)37-24-28-43(29-25-37)54-56-53(42-12-5-2-6-13-42)57-55(58-54)44-30-26-39(27-31-44)38-20-22-40(23-21-38)45-16-7-17-46(34-45)47-32-33-48-49-18-8-14-41-15-9-19-50(52(41)49)59-51(48)35-47/h1-35H. The van der Waals surface area contributed by atoms with Crippen LogP contribution in [0.2, 0.25) is 0 Å². The van der Waals surface area contributed by atoms with Crippen LogP contribution in [0.5, 0.6) is 0 Å². The molecule has 9 aromatic carbocycles. The van der Waals surface area contributed by atoms with Crippen molar-refractivity contribution in [1.82, 2.24) is 15.0 Å². The minimum Gasteiger partial charge on any atom is -0.208 e. The average molecular weight is 770 g/mol. The molecule has 0 saturated carbocycles. The predicted octanol–water partition coefficient (Wildman–Crippen LogP) is 14.8. The van der Waals surface area contributed by atoms with Crippen LogP contribution in [0, 0.1) is 0 Å². The molecule has 0 unspecified atom stereocenters. The fourth-order valence-corrected chi connectivity index (χ4v) is 9.27. The van der Waals surface area contributed by atoms with Crippen molar-refractivity contribution in [1.29, 1.82) is 0 Å². The van der Waals surface area contributed by atoms with Crippen LogP contribution in [-0.4, -0.2) is 15.0 Å². The van der Waals surface area contributed by atoms with Gasteiger partial charge in [0.25, 0.3) is 0 Å². The van der Waals surface area contributed by atoms with Gasteiger partial charge >= 0.3 is 0 Å². The molecule has 0 fully saturated rings. The first-order valence-electron chi connectivity index (χ1n) is 19.8. The van der Waals surface area contributed by atoms with E-state index in [1.54, 1.807) is 0 Å². The summed E-state index contributed by atoms with van der Waals surface area (Å²) < 4.78 is 0. The molecule has 0 saturated heterocycles. The summed E-state index contributed by atoms with van der Waals surface area (Å²) in [5.74, 6) is 1.93. The number of rotatable bonds is 7. The summed E-state index contributed by atoms with van der Waals surface area (Å²) in [6.45, 7) is 0. The first kappa shape index (κ1) is 34.8. The molecule has 3 nitrogen and oxygen atoms in total. The van der Waals surface area contributed by atoms with Crippen LogP contribution in [0.3, 0.4) is 0 Å². The van der Waals surface area contributed by atoms with E-state index in [-0.39, 0.29) is 0 Å². The van der Waals surface area contributed by atoms with Gasteiger partial charge in [-0.2, -0.15) is 0 Å². The molecule has 1 aliphatic rings. The van der Waals surface area contributed by atoms with Crippen molar-refractivity contribution in [2.75, 3.05) is 0 Å². The van der Waals surface area contributed by atoms with Gasteiger partial charge in [-0.25, -0.2) is 15.0 Å². The van der Waals surface area contributed by atoms with E-state index in [1.165, 1.54) is 59.5 Å². The molecule has 10 aromatic rings. The summed E-state index contributed by atoms with van der Waals surface area (Å²) >= 11 is 1.87. The maximum atomic E-state index is 4.99. The molecule has 1 aliphatic heterocycles. The van der Waals surface area contributed by atoms with Gasteiger partial charge in [-0.1, -0.05) is 206 Å². The highest BCUT2D eigenvalue weighted by molar-refractivity contribution is 7.99. The molecule has 0 amide bonds. The predicted molar refractivity (Wildman–Crippen MR) is 245 cm³/mol. The number of nitrogens with zero attached hydrogens (tertiary/aromatic N) is 3. The Labute approximate surface area is 347 Å². The summed E-state index contributed by atoms with van der Waals surface area (Å²) in [6.07, 6.45) is 0. The van der Waals surface area contributed by atoms with Crippen LogP contribution >= 0.6 is 11.8 Å². The van der Waals surface area contributed by atoms with E-state index in [4.69, 9.17) is 15.0 Å². The Kier molecular flexibility index (Phi) is 8.76. The Morgan fingerprint density at radius 3 is 1.22 bits per heavy atom. The average Bonchev–Trinajstić information content (AvgIpc) is 3.32. The molecule has 59 heavy (non-hydrogen) atoms. The van der Waals surface area contributed by atoms with Crippen molar-refractivity contribution < 1.29 is 0 Å². The van der Waals surface area contributed by atoms with Gasteiger partial charge < -0.3 is 0 Å². The highest BCUT2D eigenvalue weighted by atomic mass is 32.2. The second kappa shape index (κ2) is 14.8. The topological polar surface area (TPSA) is 38.7 Å². The summed E-state index contributed by atoms with van der Waals surface area (Å²) in [6, 6.07) is 75.3. The first-order chi connectivity index (χ1) is 29.2. The maximum Gasteiger partial charge on any atom is 0.164 e. The van der Waals surface area contributed by atoms with Gasteiger partial charge in [0, 0.05) is 31.9 Å². The molecule has 0 bridgehead atoms. The van der Waals surface area contributed by atoms with E-state index < -0.39 is 0 Å². The largest absolute Gasteiger partial charge is 0.208 e. The Morgan fingerprint density at radius 2 is 0.644 bits per heavy atom. The number of benzene rings is 9. The number of fused-ring (bicyclic) bond motifs is 2. The molecule has 0 aliphatic carbocycles. The molecule has 0 radical (unpaired) electrons. The van der Waals surface area contributed by atoms with E-state index in [0.29, 0.717) is 17.5 Å². The van der Waals surface area contributed by atoms with E-state index in [1.807, 2.05) is 48.2 Å². The maximum absolute atomic E-state index is 4.99. The summed E-state index contributed by atoms with van der Waals surface area (Å²) in [5, 5.41) is 2.66. The molecule has 2 heterocycles. The van der Waals surface area contributed by atoms with Gasteiger partial charge in [-0.05, 0) is 79.2 Å². The van der Waals surface area contributed by atoms with Gasteiger partial charge in [0.2, 0.25) is 0 Å². The normalized spacial score (nSPS) is 11.7. The zero-order valence-corrected chi connectivity index (χ0v) is 32.8. The summed E-state index contributed by atoms with van der Waals surface area (Å²) in [4.78, 5) is 17.5. The Morgan fingerprint density at radius 1 is 0.254 bits per heavy atom. The fourth-order valence-electron chi connectivity index (χ4n) is 8.08. The number of hydrogen-bond donors (Lipinski definition) is 0. The molecule has 276 valence electrons. The van der Waals surface area contributed by atoms with Gasteiger partial charge in [-0.3, -0.25) is 0 Å². The van der Waals surface area contributed by atoms with Gasteiger partial charge in [0.15, 0.2) is 17.5 Å². The number of hydrogen-bond acceptors (Lipinski definition) is 4. The minimum atomic E-state index is 0.641. The highest BCUT2D eigenvalue weighted by Gasteiger charge is 2.20. The molecule has 0 spiro atoms. The second-order valence-electron chi connectivity index (χ2n) is 14.8. The molecule has 0 atom stereocenters. The van der Waals surface area contributed by atoms with Crippen molar-refractivity contribution in [3.05, 3.63) is 212 Å². The van der Waals surface area contributed by atoms with E-state index in [9.17, 15) is 0 Å². The van der Waals surface area contributed by atoms with Crippen molar-refractivity contribution >= 4 is 22.5 Å². The van der Waals surface area contributed by atoms with Crippen molar-refractivity contribution in [2.24, 2.45) is 0 Å². The van der Waals surface area contributed by atoms with Crippen LogP contribution in [0.4, 0.5) is 0 Å². The molecule has 11 rings (SSSR count). The van der Waals surface area contributed by atoms with Crippen molar-refractivity contribution in [2.45, 2.75) is 9.79 Å². The zero-order chi connectivity index (χ0) is 39.1. The van der Waals surface area contributed by atoms with Gasteiger partial charge in [0.05, 0.1) is 0 Å². The van der Waals surface area contributed by atoms with Crippen LogP contribution < -0.4 is 0 Å². The fraction of sp³-hybridized carbons (Fsp3) is 0. The lowest BCUT2D eigenvalue weighted by Crippen LogP contribution is -2.00.